The number of aromatic nitrogens is 1. The smallest absolute Gasteiger partial charge is 0.238 e. The number of carbonyl (C=O) groups excluding carboxylic acids is 2. The molecule has 0 bridgehead atoms. The molecule has 0 unspecified atom stereocenters. The lowest BCUT2D eigenvalue weighted by Gasteiger charge is -2.31. The van der Waals surface area contributed by atoms with E-state index in [1.165, 1.54) is 0 Å². The van der Waals surface area contributed by atoms with E-state index in [0.717, 1.165) is 85.5 Å². The fourth-order valence-corrected chi connectivity index (χ4v) is 4.80. The molecule has 0 saturated carbocycles. The molecular weight excluding hydrogens is 454 g/mol. The number of pyridine rings is 1. The normalized spacial score (nSPS) is 18.5. The number of likely N-dealkylation sites (N-methyl/N-ethyl adjacent to an activating group) is 2. The standard InChI is InChI=1S/C27H35N7O2/c1-31-7-11-33(12-8-31)18-26(35)28-22-5-3-20-15-21-4-6-23(17-25(21)30-24(20)16-22)29-27(36)19-34-13-9-32(2)10-14-34/h3-6,15-17H,7-14,18-19H2,1-2H3,(H,28,35)(H,29,36). The number of hydrogen-bond acceptors (Lipinski definition) is 7. The predicted molar refractivity (Wildman–Crippen MR) is 144 cm³/mol. The van der Waals surface area contributed by atoms with E-state index >= 15 is 0 Å². The molecule has 0 atom stereocenters. The summed E-state index contributed by atoms with van der Waals surface area (Å²) in [6.07, 6.45) is 0. The van der Waals surface area contributed by atoms with Crippen LogP contribution in [-0.4, -0.2) is 116 Å². The van der Waals surface area contributed by atoms with Crippen LogP contribution in [0.15, 0.2) is 42.5 Å². The second-order valence-corrected chi connectivity index (χ2v) is 10.1. The largest absolute Gasteiger partial charge is 0.325 e. The summed E-state index contributed by atoms with van der Waals surface area (Å²) in [7, 11) is 4.21. The maximum atomic E-state index is 12.6. The molecule has 9 nitrogen and oxygen atoms in total. The molecule has 0 radical (unpaired) electrons. The monoisotopic (exact) mass is 489 g/mol. The fourth-order valence-electron chi connectivity index (χ4n) is 4.80. The molecular formula is C27H35N7O2. The van der Waals surface area contributed by atoms with E-state index in [-0.39, 0.29) is 11.8 Å². The van der Waals surface area contributed by atoms with Crippen LogP contribution in [0.2, 0.25) is 0 Å². The Labute approximate surface area is 212 Å². The van der Waals surface area contributed by atoms with Gasteiger partial charge in [-0.05, 0) is 44.4 Å². The van der Waals surface area contributed by atoms with E-state index in [4.69, 9.17) is 4.98 Å². The molecule has 190 valence electrons. The van der Waals surface area contributed by atoms with Gasteiger partial charge in [-0.2, -0.15) is 0 Å². The summed E-state index contributed by atoms with van der Waals surface area (Å²) in [5.41, 5.74) is 3.09. The zero-order chi connectivity index (χ0) is 25.1. The fraction of sp³-hybridized carbons (Fsp3) is 0.444. The van der Waals surface area contributed by atoms with Crippen LogP contribution in [0.4, 0.5) is 11.4 Å². The Morgan fingerprint density at radius 1 is 0.667 bits per heavy atom. The Bertz CT molecular complexity index is 1150. The number of nitrogens with one attached hydrogen (secondary N) is 2. The molecule has 2 aliphatic heterocycles. The zero-order valence-corrected chi connectivity index (χ0v) is 21.2. The highest BCUT2D eigenvalue weighted by Crippen LogP contribution is 2.25. The summed E-state index contributed by atoms with van der Waals surface area (Å²) in [5, 5.41) is 8.05. The third kappa shape index (κ3) is 6.17. The number of carbonyl (C=O) groups is 2. The average molecular weight is 490 g/mol. The molecule has 3 heterocycles. The van der Waals surface area contributed by atoms with Gasteiger partial charge in [-0.3, -0.25) is 19.4 Å². The summed E-state index contributed by atoms with van der Waals surface area (Å²) in [6, 6.07) is 13.7. The zero-order valence-electron chi connectivity index (χ0n) is 21.2. The number of benzene rings is 2. The lowest BCUT2D eigenvalue weighted by molar-refractivity contribution is -0.118. The molecule has 1 aromatic heterocycles. The molecule has 2 N–H and O–H groups in total. The lowest BCUT2D eigenvalue weighted by atomic mass is 10.1. The lowest BCUT2D eigenvalue weighted by Crippen LogP contribution is -2.47. The number of rotatable bonds is 6. The van der Waals surface area contributed by atoms with Gasteiger partial charge in [0.1, 0.15) is 0 Å². The topological polar surface area (TPSA) is 84.0 Å². The molecule has 36 heavy (non-hydrogen) atoms. The van der Waals surface area contributed by atoms with E-state index < -0.39 is 0 Å². The maximum Gasteiger partial charge on any atom is 0.238 e. The van der Waals surface area contributed by atoms with Gasteiger partial charge < -0.3 is 20.4 Å². The summed E-state index contributed by atoms with van der Waals surface area (Å²) in [4.78, 5) is 38.9. The van der Waals surface area contributed by atoms with Crippen molar-refractivity contribution >= 4 is 45.0 Å². The third-order valence-electron chi connectivity index (χ3n) is 7.11. The number of piperazine rings is 2. The Hall–Kier alpha value is -3.11. The number of fused-ring (bicyclic) bond motifs is 2. The number of amides is 2. The van der Waals surface area contributed by atoms with E-state index in [9.17, 15) is 9.59 Å². The van der Waals surface area contributed by atoms with Gasteiger partial charge in [-0.15, -0.1) is 0 Å². The Balaban J connectivity index is 1.24. The minimum Gasteiger partial charge on any atom is -0.325 e. The van der Waals surface area contributed by atoms with Crippen LogP contribution in [0.25, 0.3) is 21.8 Å². The number of anilines is 2. The Kier molecular flexibility index (Phi) is 7.43. The van der Waals surface area contributed by atoms with Crippen LogP contribution in [0.1, 0.15) is 0 Å². The van der Waals surface area contributed by atoms with Crippen LogP contribution in [0.5, 0.6) is 0 Å². The van der Waals surface area contributed by atoms with Gasteiger partial charge in [0.05, 0.1) is 24.1 Å². The van der Waals surface area contributed by atoms with Crippen molar-refractivity contribution in [3.63, 3.8) is 0 Å². The summed E-state index contributed by atoms with van der Waals surface area (Å²) >= 11 is 0. The average Bonchev–Trinajstić information content (AvgIpc) is 2.85. The molecule has 2 amide bonds. The van der Waals surface area contributed by atoms with Crippen molar-refractivity contribution in [3.05, 3.63) is 42.5 Å². The Morgan fingerprint density at radius 3 is 1.50 bits per heavy atom. The van der Waals surface area contributed by atoms with Gasteiger partial charge in [-0.1, -0.05) is 12.1 Å². The third-order valence-corrected chi connectivity index (χ3v) is 7.11. The first-order chi connectivity index (χ1) is 17.4. The van der Waals surface area contributed by atoms with Gasteiger partial charge in [-0.25, -0.2) is 4.98 Å². The second kappa shape index (κ2) is 10.9. The maximum absolute atomic E-state index is 12.6. The number of nitrogens with zero attached hydrogens (tertiary/aromatic N) is 5. The van der Waals surface area contributed by atoms with E-state index in [2.05, 4.69) is 50.4 Å². The van der Waals surface area contributed by atoms with Crippen molar-refractivity contribution in [3.8, 4) is 0 Å². The summed E-state index contributed by atoms with van der Waals surface area (Å²) in [5.74, 6) is -0.0184. The van der Waals surface area contributed by atoms with Gasteiger partial charge in [0.25, 0.3) is 0 Å². The van der Waals surface area contributed by atoms with Gasteiger partial charge >= 0.3 is 0 Å². The van der Waals surface area contributed by atoms with Crippen molar-refractivity contribution in [2.45, 2.75) is 0 Å². The highest BCUT2D eigenvalue weighted by atomic mass is 16.2. The van der Waals surface area contributed by atoms with Crippen molar-refractivity contribution in [2.75, 3.05) is 90.2 Å². The molecule has 5 rings (SSSR count). The molecule has 0 spiro atoms. The van der Waals surface area contributed by atoms with Gasteiger partial charge in [0.15, 0.2) is 0 Å². The summed E-state index contributed by atoms with van der Waals surface area (Å²) < 4.78 is 0. The molecule has 0 aliphatic carbocycles. The van der Waals surface area contributed by atoms with Crippen molar-refractivity contribution in [1.82, 2.24) is 24.6 Å². The molecule has 2 aliphatic rings. The van der Waals surface area contributed by atoms with Crippen molar-refractivity contribution in [2.24, 2.45) is 0 Å². The second-order valence-electron chi connectivity index (χ2n) is 10.1. The summed E-state index contributed by atoms with van der Waals surface area (Å²) in [6.45, 7) is 8.36. The van der Waals surface area contributed by atoms with Crippen LogP contribution >= 0.6 is 0 Å². The minimum atomic E-state index is -0.00922. The number of hydrogen-bond donors (Lipinski definition) is 2. The van der Waals surface area contributed by atoms with E-state index in [1.54, 1.807) is 0 Å². The first kappa shape index (κ1) is 24.6. The minimum absolute atomic E-state index is 0.00922. The van der Waals surface area contributed by atoms with E-state index in [0.29, 0.717) is 13.1 Å². The Morgan fingerprint density at radius 2 is 1.08 bits per heavy atom. The van der Waals surface area contributed by atoms with Crippen molar-refractivity contribution in [1.29, 1.82) is 0 Å². The van der Waals surface area contributed by atoms with E-state index in [1.807, 2.05) is 36.4 Å². The molecule has 3 aromatic rings. The quantitative estimate of drug-likeness (QED) is 0.511. The van der Waals surface area contributed by atoms with Crippen LogP contribution < -0.4 is 10.6 Å². The molecule has 2 saturated heterocycles. The van der Waals surface area contributed by atoms with Crippen LogP contribution in [0, 0.1) is 0 Å². The van der Waals surface area contributed by atoms with Gasteiger partial charge in [0.2, 0.25) is 11.8 Å². The molecule has 9 heteroatoms. The van der Waals surface area contributed by atoms with Crippen LogP contribution in [-0.2, 0) is 9.59 Å². The first-order valence-electron chi connectivity index (χ1n) is 12.7. The van der Waals surface area contributed by atoms with Crippen LogP contribution in [0.3, 0.4) is 0 Å². The highest BCUT2D eigenvalue weighted by molar-refractivity contribution is 5.99. The highest BCUT2D eigenvalue weighted by Gasteiger charge is 2.18. The van der Waals surface area contributed by atoms with Gasteiger partial charge in [0, 0.05) is 74.5 Å². The predicted octanol–water partition coefficient (Wildman–Crippen LogP) is 1.76. The SMILES string of the molecule is CN1CCN(CC(=O)Nc2ccc3cc4ccc(NC(=O)CN5CCN(C)CC5)cc4nc3c2)CC1. The molecule has 2 fully saturated rings. The first-order valence-corrected chi connectivity index (χ1v) is 12.7. The van der Waals surface area contributed by atoms with Crippen molar-refractivity contribution < 1.29 is 9.59 Å². The molecule has 2 aromatic carbocycles.